The maximum absolute atomic E-state index is 14.1. The van der Waals surface area contributed by atoms with Crippen LogP contribution in [0.1, 0.15) is 5.56 Å². The van der Waals surface area contributed by atoms with Crippen LogP contribution in [-0.2, 0) is 0 Å². The van der Waals surface area contributed by atoms with Gasteiger partial charge in [0.05, 0.1) is 5.70 Å². The van der Waals surface area contributed by atoms with E-state index in [1.165, 1.54) is 12.1 Å². The van der Waals surface area contributed by atoms with Crippen LogP contribution in [-0.4, -0.2) is 38.0 Å². The molecule has 1 heterocycles. The predicted octanol–water partition coefficient (Wildman–Crippen LogP) is 3.27. The van der Waals surface area contributed by atoms with Gasteiger partial charge < -0.3 is 15.1 Å². The minimum Gasteiger partial charge on any atom is -0.385 e. The highest BCUT2D eigenvalue weighted by atomic mass is 35.5. The number of benzene rings is 1. The van der Waals surface area contributed by atoms with E-state index in [1.54, 1.807) is 6.07 Å². The number of halogens is 2. The average molecular weight is 308 g/mol. The Hall–Kier alpha value is -1.94. The molecular formula is C16H19ClFN3. The van der Waals surface area contributed by atoms with Crippen molar-refractivity contribution in [1.82, 2.24) is 15.1 Å². The summed E-state index contributed by atoms with van der Waals surface area (Å²) in [6.07, 6.45) is 1.90. The second-order valence-corrected chi connectivity index (χ2v) is 5.51. The highest BCUT2D eigenvalue weighted by molar-refractivity contribution is 6.30. The molecule has 0 saturated heterocycles. The fourth-order valence-corrected chi connectivity index (χ4v) is 2.62. The first-order valence-electron chi connectivity index (χ1n) is 6.56. The maximum atomic E-state index is 14.1. The minimum atomic E-state index is -0.316. The zero-order valence-electron chi connectivity index (χ0n) is 12.7. The minimum absolute atomic E-state index is 0.316. The topological polar surface area (TPSA) is 18.5 Å². The molecule has 0 saturated carbocycles. The molecular weight excluding hydrogens is 289 g/mol. The van der Waals surface area contributed by atoms with Crippen LogP contribution in [0.3, 0.4) is 0 Å². The summed E-state index contributed by atoms with van der Waals surface area (Å²) in [5.74, 6) is 0.651. The summed E-state index contributed by atoms with van der Waals surface area (Å²) in [6.45, 7) is 4.08. The maximum Gasteiger partial charge on any atom is 0.132 e. The van der Waals surface area contributed by atoms with E-state index < -0.39 is 0 Å². The van der Waals surface area contributed by atoms with E-state index in [2.05, 4.69) is 11.9 Å². The zero-order valence-corrected chi connectivity index (χ0v) is 13.4. The van der Waals surface area contributed by atoms with E-state index >= 15 is 0 Å². The van der Waals surface area contributed by atoms with Gasteiger partial charge in [-0.25, -0.2) is 4.39 Å². The highest BCUT2D eigenvalue weighted by Gasteiger charge is 2.25. The third-order valence-electron chi connectivity index (χ3n) is 3.47. The van der Waals surface area contributed by atoms with Gasteiger partial charge in [0.25, 0.3) is 0 Å². The van der Waals surface area contributed by atoms with Crippen LogP contribution in [0.25, 0.3) is 5.57 Å². The summed E-state index contributed by atoms with van der Waals surface area (Å²) < 4.78 is 14.1. The van der Waals surface area contributed by atoms with E-state index in [4.69, 9.17) is 11.6 Å². The van der Waals surface area contributed by atoms with Crippen molar-refractivity contribution in [3.05, 3.63) is 64.5 Å². The number of hydrogen-bond acceptors (Lipinski definition) is 3. The summed E-state index contributed by atoms with van der Waals surface area (Å²) in [5.41, 5.74) is 2.78. The Bertz CT molecular complexity index is 647. The van der Waals surface area contributed by atoms with Gasteiger partial charge in [-0.3, -0.25) is 0 Å². The van der Waals surface area contributed by atoms with Crippen LogP contribution in [0.2, 0.25) is 5.02 Å². The van der Waals surface area contributed by atoms with Crippen LogP contribution in [0.5, 0.6) is 0 Å². The van der Waals surface area contributed by atoms with Crippen molar-refractivity contribution < 1.29 is 4.39 Å². The van der Waals surface area contributed by atoms with E-state index in [0.29, 0.717) is 16.2 Å². The number of allylic oxidation sites excluding steroid dienone is 2. The van der Waals surface area contributed by atoms with Crippen LogP contribution in [0.15, 0.2) is 48.1 Å². The van der Waals surface area contributed by atoms with Crippen molar-refractivity contribution in [2.24, 2.45) is 0 Å². The molecule has 0 amide bonds. The van der Waals surface area contributed by atoms with E-state index in [-0.39, 0.29) is 5.82 Å². The molecule has 1 aromatic carbocycles. The lowest BCUT2D eigenvalue weighted by atomic mass is 9.98. The van der Waals surface area contributed by atoms with Crippen LogP contribution in [0.4, 0.5) is 4.39 Å². The van der Waals surface area contributed by atoms with Gasteiger partial charge in [-0.1, -0.05) is 18.2 Å². The molecule has 2 rings (SSSR count). The molecule has 0 aromatic heterocycles. The largest absolute Gasteiger partial charge is 0.385 e. The third-order valence-corrected chi connectivity index (χ3v) is 3.71. The molecule has 0 unspecified atom stereocenters. The lowest BCUT2D eigenvalue weighted by Crippen LogP contribution is -2.34. The molecule has 0 spiro atoms. The van der Waals surface area contributed by atoms with Gasteiger partial charge in [0.2, 0.25) is 0 Å². The van der Waals surface area contributed by atoms with E-state index in [1.807, 2.05) is 44.1 Å². The molecule has 1 aliphatic heterocycles. The van der Waals surface area contributed by atoms with Crippen LogP contribution in [0, 0.1) is 5.82 Å². The van der Waals surface area contributed by atoms with E-state index in [9.17, 15) is 4.39 Å². The fourth-order valence-electron chi connectivity index (χ4n) is 2.44. The SMILES string of the molecule is C=C1C(c2cc(Cl)ccc2F)=CC(NC)=C(N(C)C)N1C. The first-order chi connectivity index (χ1) is 9.86. The lowest BCUT2D eigenvalue weighted by Gasteiger charge is -2.36. The summed E-state index contributed by atoms with van der Waals surface area (Å²) in [5, 5.41) is 3.64. The molecule has 0 radical (unpaired) electrons. The second-order valence-electron chi connectivity index (χ2n) is 5.07. The van der Waals surface area contributed by atoms with Gasteiger partial charge in [0.1, 0.15) is 11.6 Å². The zero-order chi connectivity index (χ0) is 15.7. The first kappa shape index (κ1) is 15.4. The Labute approximate surface area is 130 Å². The number of hydrogen-bond donors (Lipinski definition) is 1. The van der Waals surface area contributed by atoms with Crippen molar-refractivity contribution >= 4 is 17.2 Å². The first-order valence-corrected chi connectivity index (χ1v) is 6.94. The molecule has 1 N–H and O–H groups in total. The molecule has 1 aliphatic rings. The Balaban J connectivity index is 2.64. The number of likely N-dealkylation sites (N-methyl/N-ethyl adjacent to an activating group) is 2. The Morgan fingerprint density at radius 3 is 2.57 bits per heavy atom. The van der Waals surface area contributed by atoms with Gasteiger partial charge >= 0.3 is 0 Å². The summed E-state index contributed by atoms with van der Waals surface area (Å²) >= 11 is 6.00. The molecule has 0 aliphatic carbocycles. The quantitative estimate of drug-likeness (QED) is 0.924. The molecule has 1 aromatic rings. The van der Waals surface area contributed by atoms with E-state index in [0.717, 1.165) is 17.2 Å². The summed E-state index contributed by atoms with van der Waals surface area (Å²) in [7, 11) is 7.65. The molecule has 112 valence electrons. The molecule has 5 heteroatoms. The van der Waals surface area contributed by atoms with Gasteiger partial charge in [-0.2, -0.15) is 0 Å². The van der Waals surface area contributed by atoms with Crippen LogP contribution >= 0.6 is 11.6 Å². The third kappa shape index (κ3) is 2.76. The smallest absolute Gasteiger partial charge is 0.132 e. The molecule has 0 fully saturated rings. The predicted molar refractivity (Wildman–Crippen MR) is 86.1 cm³/mol. The number of rotatable bonds is 3. The van der Waals surface area contributed by atoms with Gasteiger partial charge in [0.15, 0.2) is 0 Å². The normalized spacial score (nSPS) is 15.2. The fraction of sp³-hybridized carbons (Fsp3) is 0.250. The Morgan fingerprint density at radius 1 is 1.33 bits per heavy atom. The average Bonchev–Trinajstić information content (AvgIpc) is 2.44. The lowest BCUT2D eigenvalue weighted by molar-refractivity contribution is 0.345. The number of nitrogens with one attached hydrogen (secondary N) is 1. The van der Waals surface area contributed by atoms with Gasteiger partial charge in [0, 0.05) is 50.0 Å². The molecule has 0 bridgehead atoms. The second kappa shape index (κ2) is 5.82. The van der Waals surface area contributed by atoms with Crippen molar-refractivity contribution in [1.29, 1.82) is 0 Å². The molecule has 0 atom stereocenters. The van der Waals surface area contributed by atoms with Gasteiger partial charge in [-0.15, -0.1) is 0 Å². The van der Waals surface area contributed by atoms with Crippen molar-refractivity contribution in [2.75, 3.05) is 28.2 Å². The standard InChI is InChI=1S/C16H19ClFN3/c1-10-12(13-8-11(17)6-7-14(13)18)9-15(19-2)16(20(3)4)21(10)5/h6-9,19H,1H2,2-5H3. The summed E-state index contributed by atoms with van der Waals surface area (Å²) in [6, 6.07) is 4.53. The highest BCUT2D eigenvalue weighted by Crippen LogP contribution is 2.35. The van der Waals surface area contributed by atoms with Crippen molar-refractivity contribution in [3.63, 3.8) is 0 Å². The van der Waals surface area contributed by atoms with Gasteiger partial charge in [-0.05, 0) is 24.3 Å². The van der Waals surface area contributed by atoms with Crippen molar-refractivity contribution in [2.45, 2.75) is 0 Å². The molecule has 3 nitrogen and oxygen atoms in total. The number of nitrogens with zero attached hydrogens (tertiary/aromatic N) is 2. The summed E-state index contributed by atoms with van der Waals surface area (Å²) in [4.78, 5) is 3.92. The monoisotopic (exact) mass is 307 g/mol. The molecule has 21 heavy (non-hydrogen) atoms. The Morgan fingerprint density at radius 2 is 2.00 bits per heavy atom. The Kier molecular flexibility index (Phi) is 4.28. The van der Waals surface area contributed by atoms with Crippen molar-refractivity contribution in [3.8, 4) is 0 Å². The van der Waals surface area contributed by atoms with Crippen LogP contribution < -0.4 is 5.32 Å².